The second kappa shape index (κ2) is 8.70. The molecule has 0 saturated heterocycles. The van der Waals surface area contributed by atoms with Crippen molar-refractivity contribution in [2.24, 2.45) is 0 Å². The van der Waals surface area contributed by atoms with E-state index in [1.165, 1.54) is 11.8 Å². The lowest BCUT2D eigenvalue weighted by Crippen LogP contribution is -2.13. The molecule has 0 bridgehead atoms. The lowest BCUT2D eigenvalue weighted by atomic mass is 10.1. The molecule has 0 aliphatic carbocycles. The first-order valence-corrected chi connectivity index (χ1v) is 13.1. The van der Waals surface area contributed by atoms with Gasteiger partial charge in [-0.25, -0.2) is 8.42 Å². The third-order valence-electron chi connectivity index (χ3n) is 5.81. The van der Waals surface area contributed by atoms with Crippen LogP contribution in [-0.4, -0.2) is 13.5 Å². The van der Waals surface area contributed by atoms with Gasteiger partial charge in [-0.3, -0.25) is 4.72 Å². The molecule has 0 saturated carbocycles. The molecule has 5 aromatic carbocycles. The molecule has 0 amide bonds. The highest BCUT2D eigenvalue weighted by Gasteiger charge is 2.19. The first kappa shape index (κ1) is 22.3. The molecule has 0 aliphatic rings. The maximum Gasteiger partial charge on any atom is 0.261 e. The number of nitrogens with one attached hydrogen (secondary N) is 1. The van der Waals surface area contributed by atoms with E-state index in [1.807, 2.05) is 62.4 Å². The van der Waals surface area contributed by atoms with Crippen molar-refractivity contribution in [3.63, 3.8) is 0 Å². The fourth-order valence-corrected chi connectivity index (χ4v) is 6.15. The van der Waals surface area contributed by atoms with E-state index in [4.69, 9.17) is 0 Å². The number of aromatic hydroxyl groups is 1. The summed E-state index contributed by atoms with van der Waals surface area (Å²) in [4.78, 5) is 1.77. The van der Waals surface area contributed by atoms with Crippen LogP contribution in [0, 0.1) is 13.8 Å². The van der Waals surface area contributed by atoms with Gasteiger partial charge < -0.3 is 5.11 Å². The molecular formula is C28H23NO3S2. The normalized spacial score (nSPS) is 11.7. The molecule has 5 rings (SSSR count). The fourth-order valence-electron chi connectivity index (χ4n) is 4.07. The van der Waals surface area contributed by atoms with Gasteiger partial charge in [-0.1, -0.05) is 84.1 Å². The van der Waals surface area contributed by atoms with Crippen molar-refractivity contribution in [2.45, 2.75) is 28.5 Å². The highest BCUT2D eigenvalue weighted by Crippen LogP contribution is 2.43. The second-order valence-corrected chi connectivity index (χ2v) is 11.1. The van der Waals surface area contributed by atoms with Gasteiger partial charge in [-0.2, -0.15) is 0 Å². The number of rotatable bonds is 5. The predicted molar refractivity (Wildman–Crippen MR) is 140 cm³/mol. The summed E-state index contributed by atoms with van der Waals surface area (Å²) in [6.45, 7) is 4.06. The molecule has 0 aliphatic heterocycles. The highest BCUT2D eigenvalue weighted by molar-refractivity contribution is 7.99. The van der Waals surface area contributed by atoms with Gasteiger partial charge in [0, 0.05) is 15.7 Å². The van der Waals surface area contributed by atoms with Crippen LogP contribution < -0.4 is 4.72 Å². The summed E-state index contributed by atoms with van der Waals surface area (Å²) < 4.78 is 29.5. The molecule has 170 valence electrons. The van der Waals surface area contributed by atoms with E-state index in [-0.39, 0.29) is 10.6 Å². The maximum absolute atomic E-state index is 13.4. The molecule has 4 nitrogen and oxygen atoms in total. The zero-order valence-electron chi connectivity index (χ0n) is 18.7. The standard InChI is InChI=1S/C28H23NO3S2/c1-18-11-14-26(19(2)15-18)33-27-17-25(23-9-5-6-10-24(23)28(27)30)29-34(31,32)22-13-12-20-7-3-4-8-21(20)16-22/h3-17,29-30H,1-2H3. The van der Waals surface area contributed by atoms with Gasteiger partial charge in [0.15, 0.2) is 0 Å². The number of fused-ring (bicyclic) bond motifs is 2. The Labute approximate surface area is 203 Å². The second-order valence-electron chi connectivity index (χ2n) is 8.30. The molecule has 0 unspecified atom stereocenters. The summed E-state index contributed by atoms with van der Waals surface area (Å²) in [5.41, 5.74) is 2.68. The molecule has 0 spiro atoms. The summed E-state index contributed by atoms with van der Waals surface area (Å²) in [5, 5.41) is 14.1. The minimum Gasteiger partial charge on any atom is -0.506 e. The minimum atomic E-state index is -3.85. The minimum absolute atomic E-state index is 0.134. The molecule has 34 heavy (non-hydrogen) atoms. The van der Waals surface area contributed by atoms with Gasteiger partial charge in [0.1, 0.15) is 5.75 Å². The zero-order chi connectivity index (χ0) is 23.9. The Morgan fingerprint density at radius 3 is 2.21 bits per heavy atom. The van der Waals surface area contributed by atoms with Crippen LogP contribution in [0.3, 0.4) is 0 Å². The lowest BCUT2D eigenvalue weighted by molar-refractivity contribution is 0.469. The third kappa shape index (κ3) is 4.22. The number of hydrogen-bond donors (Lipinski definition) is 2. The maximum atomic E-state index is 13.4. The SMILES string of the molecule is Cc1ccc(Sc2cc(NS(=O)(=O)c3ccc4ccccc4c3)c3ccccc3c2O)c(C)c1. The number of anilines is 1. The van der Waals surface area contributed by atoms with Crippen molar-refractivity contribution in [3.8, 4) is 5.75 Å². The lowest BCUT2D eigenvalue weighted by Gasteiger charge is -2.16. The monoisotopic (exact) mass is 485 g/mol. The summed E-state index contributed by atoms with van der Waals surface area (Å²) in [5.74, 6) is 0.134. The van der Waals surface area contributed by atoms with E-state index >= 15 is 0 Å². The number of sulfonamides is 1. The van der Waals surface area contributed by atoms with Crippen molar-refractivity contribution < 1.29 is 13.5 Å². The average molecular weight is 486 g/mol. The Kier molecular flexibility index (Phi) is 5.71. The van der Waals surface area contributed by atoms with Crippen LogP contribution >= 0.6 is 11.8 Å². The summed E-state index contributed by atoms with van der Waals surface area (Å²) >= 11 is 1.42. The number of hydrogen-bond acceptors (Lipinski definition) is 4. The fraction of sp³-hybridized carbons (Fsp3) is 0.0714. The van der Waals surface area contributed by atoms with Crippen molar-refractivity contribution in [3.05, 3.63) is 102 Å². The average Bonchev–Trinajstić information content (AvgIpc) is 2.83. The van der Waals surface area contributed by atoms with Crippen LogP contribution in [0.25, 0.3) is 21.5 Å². The molecule has 5 aromatic rings. The van der Waals surface area contributed by atoms with Gasteiger partial charge >= 0.3 is 0 Å². The molecular weight excluding hydrogens is 462 g/mol. The Morgan fingerprint density at radius 2 is 1.44 bits per heavy atom. The summed E-state index contributed by atoms with van der Waals surface area (Å²) in [7, 11) is -3.85. The van der Waals surface area contributed by atoms with Crippen molar-refractivity contribution in [1.82, 2.24) is 0 Å². The molecule has 0 heterocycles. The van der Waals surface area contributed by atoms with Crippen molar-refractivity contribution in [1.29, 1.82) is 0 Å². The number of phenolic OH excluding ortho intramolecular Hbond substituents is 1. The Balaban J connectivity index is 1.60. The predicted octanol–water partition coefficient (Wildman–Crippen LogP) is 7.27. The van der Waals surface area contributed by atoms with E-state index in [2.05, 4.69) is 10.8 Å². The molecule has 0 aromatic heterocycles. The Hall–Kier alpha value is -3.48. The summed E-state index contributed by atoms with van der Waals surface area (Å²) in [6.07, 6.45) is 0. The Morgan fingerprint density at radius 1 is 0.735 bits per heavy atom. The highest BCUT2D eigenvalue weighted by atomic mass is 32.2. The van der Waals surface area contributed by atoms with Crippen LogP contribution in [0.5, 0.6) is 5.75 Å². The molecule has 0 fully saturated rings. The van der Waals surface area contributed by atoms with Gasteiger partial charge in [-0.15, -0.1) is 0 Å². The van der Waals surface area contributed by atoms with E-state index in [0.717, 1.165) is 26.8 Å². The summed E-state index contributed by atoms with van der Waals surface area (Å²) in [6, 6.07) is 27.8. The van der Waals surface area contributed by atoms with Gasteiger partial charge in [-0.05, 0) is 54.4 Å². The van der Waals surface area contributed by atoms with Gasteiger partial charge in [0.25, 0.3) is 10.0 Å². The van der Waals surface area contributed by atoms with Crippen LogP contribution in [0.1, 0.15) is 11.1 Å². The number of benzene rings is 5. The van der Waals surface area contributed by atoms with Crippen LogP contribution in [0.15, 0.2) is 106 Å². The van der Waals surface area contributed by atoms with Crippen molar-refractivity contribution in [2.75, 3.05) is 4.72 Å². The first-order valence-electron chi connectivity index (χ1n) is 10.8. The van der Waals surface area contributed by atoms with E-state index in [1.54, 1.807) is 36.4 Å². The molecule has 2 N–H and O–H groups in total. The van der Waals surface area contributed by atoms with Crippen LogP contribution in [0.4, 0.5) is 5.69 Å². The molecule has 0 atom stereocenters. The van der Waals surface area contributed by atoms with Gasteiger partial charge in [0.05, 0.1) is 15.5 Å². The topological polar surface area (TPSA) is 66.4 Å². The van der Waals surface area contributed by atoms with Crippen LogP contribution in [0.2, 0.25) is 0 Å². The first-order chi connectivity index (χ1) is 16.3. The van der Waals surface area contributed by atoms with Crippen LogP contribution in [-0.2, 0) is 10.0 Å². The quantitative estimate of drug-likeness (QED) is 0.257. The van der Waals surface area contributed by atoms with Crippen molar-refractivity contribution >= 4 is 49.0 Å². The molecule has 6 heteroatoms. The largest absolute Gasteiger partial charge is 0.506 e. The third-order valence-corrected chi connectivity index (χ3v) is 8.38. The van der Waals surface area contributed by atoms with E-state index in [0.29, 0.717) is 21.4 Å². The van der Waals surface area contributed by atoms with Gasteiger partial charge in [0.2, 0.25) is 0 Å². The number of aryl methyl sites for hydroxylation is 2. The van der Waals surface area contributed by atoms with E-state index < -0.39 is 10.0 Å². The smallest absolute Gasteiger partial charge is 0.261 e. The Bertz CT molecular complexity index is 1660. The zero-order valence-corrected chi connectivity index (χ0v) is 20.4. The number of phenols is 1. The molecule has 0 radical (unpaired) electrons. The van der Waals surface area contributed by atoms with E-state index in [9.17, 15) is 13.5 Å².